The molecule has 0 bridgehead atoms. The molecule has 2 atom stereocenters. The molecule has 80 valence electrons. The normalized spacial score (nSPS) is 32.9. The number of ether oxygens (including phenoxy) is 2. The SMILES string of the molecule is O=C(NC1CCOC1)C1CNCCO1. The van der Waals surface area contributed by atoms with Crippen molar-refractivity contribution in [1.82, 2.24) is 10.6 Å². The number of amides is 1. The Bertz CT molecular complexity index is 198. The summed E-state index contributed by atoms with van der Waals surface area (Å²) in [6.07, 6.45) is 0.579. The molecule has 0 aromatic rings. The molecule has 0 spiro atoms. The zero-order valence-corrected chi connectivity index (χ0v) is 8.12. The zero-order valence-electron chi connectivity index (χ0n) is 8.12. The van der Waals surface area contributed by atoms with Gasteiger partial charge in [0.15, 0.2) is 0 Å². The molecule has 2 fully saturated rings. The highest BCUT2D eigenvalue weighted by Gasteiger charge is 2.25. The molecule has 2 unspecified atom stereocenters. The van der Waals surface area contributed by atoms with Crippen molar-refractivity contribution < 1.29 is 14.3 Å². The second-order valence-corrected chi connectivity index (χ2v) is 3.63. The van der Waals surface area contributed by atoms with Crippen LogP contribution in [0.1, 0.15) is 6.42 Å². The molecule has 2 saturated heterocycles. The number of rotatable bonds is 2. The molecule has 0 aromatic heterocycles. The number of morpholine rings is 1. The third-order valence-corrected chi connectivity index (χ3v) is 2.50. The first-order valence-corrected chi connectivity index (χ1v) is 5.07. The lowest BCUT2D eigenvalue weighted by Crippen LogP contribution is -2.50. The Balaban J connectivity index is 1.75. The van der Waals surface area contributed by atoms with Gasteiger partial charge in [-0.3, -0.25) is 4.79 Å². The largest absolute Gasteiger partial charge is 0.379 e. The van der Waals surface area contributed by atoms with Crippen molar-refractivity contribution in [3.8, 4) is 0 Å². The number of hydrogen-bond acceptors (Lipinski definition) is 4. The Kier molecular flexibility index (Phi) is 3.34. The van der Waals surface area contributed by atoms with Gasteiger partial charge in [-0.2, -0.15) is 0 Å². The van der Waals surface area contributed by atoms with Crippen LogP contribution in [0.15, 0.2) is 0 Å². The van der Waals surface area contributed by atoms with Crippen LogP contribution in [-0.2, 0) is 14.3 Å². The second-order valence-electron chi connectivity index (χ2n) is 3.63. The molecule has 0 aromatic carbocycles. The zero-order chi connectivity index (χ0) is 9.80. The van der Waals surface area contributed by atoms with Crippen LogP contribution in [-0.4, -0.2) is 51.0 Å². The van der Waals surface area contributed by atoms with E-state index >= 15 is 0 Å². The van der Waals surface area contributed by atoms with Gasteiger partial charge >= 0.3 is 0 Å². The van der Waals surface area contributed by atoms with Crippen molar-refractivity contribution in [3.05, 3.63) is 0 Å². The van der Waals surface area contributed by atoms with E-state index < -0.39 is 0 Å². The lowest BCUT2D eigenvalue weighted by molar-refractivity contribution is -0.134. The Labute approximate surface area is 83.1 Å². The van der Waals surface area contributed by atoms with Crippen molar-refractivity contribution in [2.75, 3.05) is 32.9 Å². The summed E-state index contributed by atoms with van der Waals surface area (Å²) in [7, 11) is 0. The first-order valence-electron chi connectivity index (χ1n) is 5.07. The molecular formula is C9H16N2O3. The van der Waals surface area contributed by atoms with Gasteiger partial charge in [-0.25, -0.2) is 0 Å². The Morgan fingerprint density at radius 2 is 2.36 bits per heavy atom. The molecule has 2 aliphatic heterocycles. The van der Waals surface area contributed by atoms with E-state index in [2.05, 4.69) is 10.6 Å². The van der Waals surface area contributed by atoms with Gasteiger partial charge in [0.25, 0.3) is 5.91 Å². The maximum absolute atomic E-state index is 11.6. The standard InChI is InChI=1S/C9H16N2O3/c12-9(8-5-10-2-4-14-8)11-7-1-3-13-6-7/h7-8,10H,1-6H2,(H,11,12). The summed E-state index contributed by atoms with van der Waals surface area (Å²) < 4.78 is 10.5. The van der Waals surface area contributed by atoms with Gasteiger partial charge in [-0.1, -0.05) is 0 Å². The maximum atomic E-state index is 11.6. The molecule has 1 amide bonds. The summed E-state index contributed by atoms with van der Waals surface area (Å²) in [5.74, 6) is -0.0206. The van der Waals surface area contributed by atoms with Gasteiger partial charge in [-0.05, 0) is 6.42 Å². The fraction of sp³-hybridized carbons (Fsp3) is 0.889. The molecule has 2 rings (SSSR count). The summed E-state index contributed by atoms with van der Waals surface area (Å²) >= 11 is 0. The van der Waals surface area contributed by atoms with Crippen molar-refractivity contribution in [2.45, 2.75) is 18.6 Å². The van der Waals surface area contributed by atoms with Crippen LogP contribution >= 0.6 is 0 Å². The first-order chi connectivity index (χ1) is 6.86. The van der Waals surface area contributed by atoms with Crippen LogP contribution in [0.25, 0.3) is 0 Å². The molecule has 0 saturated carbocycles. The highest BCUT2D eigenvalue weighted by atomic mass is 16.5. The predicted octanol–water partition coefficient (Wildman–Crippen LogP) is -1.12. The average molecular weight is 200 g/mol. The van der Waals surface area contributed by atoms with Crippen LogP contribution in [0, 0.1) is 0 Å². The Hall–Kier alpha value is -0.650. The fourth-order valence-electron chi connectivity index (χ4n) is 1.68. The van der Waals surface area contributed by atoms with E-state index in [4.69, 9.17) is 9.47 Å². The van der Waals surface area contributed by atoms with Crippen molar-refractivity contribution in [3.63, 3.8) is 0 Å². The monoisotopic (exact) mass is 200 g/mol. The topological polar surface area (TPSA) is 59.6 Å². The van der Waals surface area contributed by atoms with Gasteiger partial charge in [-0.15, -0.1) is 0 Å². The Morgan fingerprint density at radius 3 is 3.00 bits per heavy atom. The lowest BCUT2D eigenvalue weighted by Gasteiger charge is -2.24. The molecule has 2 N–H and O–H groups in total. The molecular weight excluding hydrogens is 184 g/mol. The summed E-state index contributed by atoms with van der Waals surface area (Å²) in [5.41, 5.74) is 0. The van der Waals surface area contributed by atoms with Crippen LogP contribution in [0.5, 0.6) is 0 Å². The number of nitrogens with one attached hydrogen (secondary N) is 2. The molecule has 2 heterocycles. The maximum Gasteiger partial charge on any atom is 0.250 e. The fourth-order valence-corrected chi connectivity index (χ4v) is 1.68. The van der Waals surface area contributed by atoms with Crippen molar-refractivity contribution >= 4 is 5.91 Å². The smallest absolute Gasteiger partial charge is 0.250 e. The number of hydrogen-bond donors (Lipinski definition) is 2. The summed E-state index contributed by atoms with van der Waals surface area (Å²) in [6.45, 7) is 3.43. The number of carbonyl (C=O) groups excluding carboxylic acids is 1. The highest BCUT2D eigenvalue weighted by molar-refractivity contribution is 5.81. The van der Waals surface area contributed by atoms with E-state index in [9.17, 15) is 4.79 Å². The van der Waals surface area contributed by atoms with Crippen LogP contribution < -0.4 is 10.6 Å². The summed E-state index contributed by atoms with van der Waals surface area (Å²) in [4.78, 5) is 11.6. The van der Waals surface area contributed by atoms with Crippen LogP contribution in [0.3, 0.4) is 0 Å². The first kappa shape index (κ1) is 9.89. The van der Waals surface area contributed by atoms with Crippen molar-refractivity contribution in [2.24, 2.45) is 0 Å². The Morgan fingerprint density at radius 1 is 1.43 bits per heavy atom. The lowest BCUT2D eigenvalue weighted by atomic mass is 10.2. The summed E-state index contributed by atoms with van der Waals surface area (Å²) in [6, 6.07) is 0.174. The molecule has 0 radical (unpaired) electrons. The van der Waals surface area contributed by atoms with Gasteiger partial charge in [0.2, 0.25) is 0 Å². The molecule has 5 heteroatoms. The number of carbonyl (C=O) groups is 1. The predicted molar refractivity (Wildman–Crippen MR) is 50.0 cm³/mol. The average Bonchev–Trinajstić information content (AvgIpc) is 2.72. The van der Waals surface area contributed by atoms with E-state index in [1.165, 1.54) is 0 Å². The summed E-state index contributed by atoms with van der Waals surface area (Å²) in [5, 5.41) is 6.04. The van der Waals surface area contributed by atoms with Crippen molar-refractivity contribution in [1.29, 1.82) is 0 Å². The van der Waals surface area contributed by atoms with E-state index in [0.717, 1.165) is 19.6 Å². The third kappa shape index (κ3) is 2.43. The highest BCUT2D eigenvalue weighted by Crippen LogP contribution is 2.04. The minimum absolute atomic E-state index is 0.0206. The van der Waals surface area contributed by atoms with Gasteiger partial charge in [0.1, 0.15) is 6.10 Å². The van der Waals surface area contributed by atoms with E-state index in [0.29, 0.717) is 19.8 Å². The van der Waals surface area contributed by atoms with Crippen LogP contribution in [0.4, 0.5) is 0 Å². The molecule has 2 aliphatic rings. The van der Waals surface area contributed by atoms with Gasteiger partial charge < -0.3 is 20.1 Å². The minimum Gasteiger partial charge on any atom is -0.379 e. The van der Waals surface area contributed by atoms with Gasteiger partial charge in [0, 0.05) is 19.7 Å². The van der Waals surface area contributed by atoms with E-state index in [1.807, 2.05) is 0 Å². The molecule has 0 aliphatic carbocycles. The minimum atomic E-state index is -0.329. The third-order valence-electron chi connectivity index (χ3n) is 2.50. The quantitative estimate of drug-likeness (QED) is 0.593. The second kappa shape index (κ2) is 4.72. The van der Waals surface area contributed by atoms with E-state index in [-0.39, 0.29) is 18.1 Å². The van der Waals surface area contributed by atoms with Crippen LogP contribution in [0.2, 0.25) is 0 Å². The molecule has 14 heavy (non-hydrogen) atoms. The van der Waals surface area contributed by atoms with Gasteiger partial charge in [0.05, 0.1) is 19.3 Å². The molecule has 5 nitrogen and oxygen atoms in total. The van der Waals surface area contributed by atoms with E-state index in [1.54, 1.807) is 0 Å².